The lowest BCUT2D eigenvalue weighted by Gasteiger charge is -2.23. The minimum Gasteiger partial charge on any atom is -0.375 e. The first kappa shape index (κ1) is 21.9. The maximum atomic E-state index is 13.5. The largest absolute Gasteiger partial charge is 0.375 e. The van der Waals surface area contributed by atoms with Crippen LogP contribution in [0.2, 0.25) is 0 Å². The van der Waals surface area contributed by atoms with Crippen LogP contribution in [0.1, 0.15) is 39.0 Å². The van der Waals surface area contributed by atoms with Crippen LogP contribution in [0.25, 0.3) is 0 Å². The molecule has 158 valence electrons. The smallest absolute Gasteiger partial charge is 0.264 e. The van der Waals surface area contributed by atoms with Gasteiger partial charge in [0.25, 0.3) is 5.91 Å². The Morgan fingerprint density at radius 2 is 1.74 bits per heavy atom. The number of anilines is 1. The molecule has 0 unspecified atom stereocenters. The lowest BCUT2D eigenvalue weighted by Crippen LogP contribution is -2.41. The number of aryl methyl sites for hydroxylation is 2. The lowest BCUT2D eigenvalue weighted by molar-refractivity contribution is -0.136. The molecule has 1 aliphatic heterocycles. The number of rotatable bonds is 5. The van der Waals surface area contributed by atoms with E-state index in [1.165, 1.54) is 0 Å². The van der Waals surface area contributed by atoms with Crippen molar-refractivity contribution in [3.63, 3.8) is 0 Å². The Labute approximate surface area is 198 Å². The highest BCUT2D eigenvalue weighted by Gasteiger charge is 2.51. The molecule has 0 saturated heterocycles. The third-order valence-electron chi connectivity index (χ3n) is 5.69. The molecule has 4 nitrogen and oxygen atoms in total. The van der Waals surface area contributed by atoms with Crippen LogP contribution in [0.5, 0.6) is 0 Å². The summed E-state index contributed by atoms with van der Waals surface area (Å²) in [6.07, 6.45) is -0.324. The number of ketones is 1. The summed E-state index contributed by atoms with van der Waals surface area (Å²) in [4.78, 5) is 28.1. The molecule has 0 radical (unpaired) electrons. The first-order valence-corrected chi connectivity index (χ1v) is 11.5. The molecule has 1 amide bonds. The molecule has 1 atom stereocenters. The van der Waals surface area contributed by atoms with Crippen molar-refractivity contribution in [3.8, 4) is 0 Å². The fourth-order valence-electron chi connectivity index (χ4n) is 3.99. The van der Waals surface area contributed by atoms with E-state index < -0.39 is 11.5 Å². The summed E-state index contributed by atoms with van der Waals surface area (Å²) in [7, 11) is 0. The SMILES string of the molecule is Cc1ccc(C)c(CN2C(=O)[C@@](O)(CC(=O)c3cccc(Br)c3)c3cc(Br)ccc32)c1. The quantitative estimate of drug-likeness (QED) is 0.412. The standard InChI is InChI=1S/C25H21Br2NO3/c1-15-6-7-16(2)18(10-15)14-28-22-9-8-20(27)12-21(22)25(31,24(28)30)13-23(29)17-4-3-5-19(26)11-17/h3-12,31H,13-14H2,1-2H3/t25-/m1/s1. The molecule has 0 aliphatic carbocycles. The van der Waals surface area contributed by atoms with Crippen molar-refractivity contribution in [1.29, 1.82) is 0 Å². The number of benzene rings is 3. The number of amides is 1. The number of aliphatic hydroxyl groups is 1. The van der Waals surface area contributed by atoms with Gasteiger partial charge in [0.1, 0.15) is 0 Å². The maximum absolute atomic E-state index is 13.5. The van der Waals surface area contributed by atoms with Gasteiger partial charge in [0.05, 0.1) is 18.7 Å². The van der Waals surface area contributed by atoms with Gasteiger partial charge in [-0.15, -0.1) is 0 Å². The average molecular weight is 543 g/mol. The fourth-order valence-corrected chi connectivity index (χ4v) is 4.75. The zero-order chi connectivity index (χ0) is 22.3. The highest BCUT2D eigenvalue weighted by atomic mass is 79.9. The molecule has 0 saturated carbocycles. The molecule has 31 heavy (non-hydrogen) atoms. The van der Waals surface area contributed by atoms with Gasteiger partial charge in [0.2, 0.25) is 0 Å². The maximum Gasteiger partial charge on any atom is 0.264 e. The zero-order valence-corrected chi connectivity index (χ0v) is 20.3. The van der Waals surface area contributed by atoms with Gasteiger partial charge in [-0.3, -0.25) is 9.59 Å². The molecule has 0 fully saturated rings. The number of Topliss-reactive ketones (excluding diaryl/α,β-unsaturated/α-hetero) is 1. The Balaban J connectivity index is 1.74. The Bertz CT molecular complexity index is 1210. The number of hydrogen-bond acceptors (Lipinski definition) is 3. The number of hydrogen-bond donors (Lipinski definition) is 1. The van der Waals surface area contributed by atoms with E-state index in [1.807, 2.05) is 50.2 Å². The summed E-state index contributed by atoms with van der Waals surface area (Å²) in [6, 6.07) is 18.4. The van der Waals surface area contributed by atoms with Crippen molar-refractivity contribution >= 4 is 49.2 Å². The Kier molecular flexibility index (Phi) is 5.90. The van der Waals surface area contributed by atoms with Gasteiger partial charge in [-0.05, 0) is 55.3 Å². The minimum absolute atomic E-state index is 0.295. The summed E-state index contributed by atoms with van der Waals surface area (Å²) in [5.41, 5.74) is 2.76. The molecule has 4 rings (SSSR count). The van der Waals surface area contributed by atoms with Crippen LogP contribution >= 0.6 is 31.9 Å². The molecule has 1 aliphatic rings. The van der Waals surface area contributed by atoms with Crippen LogP contribution in [0.3, 0.4) is 0 Å². The van der Waals surface area contributed by atoms with E-state index in [0.717, 1.165) is 25.6 Å². The predicted molar refractivity (Wildman–Crippen MR) is 128 cm³/mol. The van der Waals surface area contributed by atoms with Crippen molar-refractivity contribution in [2.75, 3.05) is 4.90 Å². The van der Waals surface area contributed by atoms with Gasteiger partial charge in [-0.1, -0.05) is 67.8 Å². The van der Waals surface area contributed by atoms with Gasteiger partial charge >= 0.3 is 0 Å². The van der Waals surface area contributed by atoms with Crippen LogP contribution in [0.15, 0.2) is 69.6 Å². The topological polar surface area (TPSA) is 57.6 Å². The minimum atomic E-state index is -1.92. The second-order valence-electron chi connectivity index (χ2n) is 7.95. The number of fused-ring (bicyclic) bond motifs is 1. The molecule has 0 aromatic heterocycles. The predicted octanol–water partition coefficient (Wildman–Crippen LogP) is 5.84. The van der Waals surface area contributed by atoms with E-state index in [4.69, 9.17) is 0 Å². The number of carbonyl (C=O) groups is 2. The van der Waals surface area contributed by atoms with Gasteiger partial charge in [0, 0.05) is 20.1 Å². The van der Waals surface area contributed by atoms with Crippen molar-refractivity contribution in [2.45, 2.75) is 32.4 Å². The van der Waals surface area contributed by atoms with Crippen LogP contribution in [0, 0.1) is 13.8 Å². The molecule has 1 heterocycles. The van der Waals surface area contributed by atoms with Crippen LogP contribution < -0.4 is 4.90 Å². The van der Waals surface area contributed by atoms with Crippen molar-refractivity contribution in [2.24, 2.45) is 0 Å². The highest BCUT2D eigenvalue weighted by molar-refractivity contribution is 9.10. The Hall–Kier alpha value is -2.28. The molecule has 3 aromatic carbocycles. The summed E-state index contributed by atoms with van der Waals surface area (Å²) in [6.45, 7) is 4.34. The van der Waals surface area contributed by atoms with Gasteiger partial charge in [-0.25, -0.2) is 0 Å². The second-order valence-corrected chi connectivity index (χ2v) is 9.78. The third-order valence-corrected chi connectivity index (χ3v) is 6.68. The Morgan fingerprint density at radius 1 is 1.00 bits per heavy atom. The normalized spacial score (nSPS) is 17.7. The van der Waals surface area contributed by atoms with E-state index in [0.29, 0.717) is 23.4 Å². The van der Waals surface area contributed by atoms with Crippen LogP contribution in [0.4, 0.5) is 5.69 Å². The van der Waals surface area contributed by atoms with Gasteiger partial charge in [-0.2, -0.15) is 0 Å². The summed E-state index contributed by atoms with van der Waals surface area (Å²) in [5.74, 6) is -0.776. The number of halogens is 2. The first-order chi connectivity index (χ1) is 14.7. The average Bonchev–Trinajstić information content (AvgIpc) is 2.92. The van der Waals surface area contributed by atoms with E-state index in [2.05, 4.69) is 31.9 Å². The van der Waals surface area contributed by atoms with E-state index in [1.54, 1.807) is 29.2 Å². The molecular weight excluding hydrogens is 522 g/mol. The van der Waals surface area contributed by atoms with Crippen LogP contribution in [-0.4, -0.2) is 16.8 Å². The monoisotopic (exact) mass is 541 g/mol. The molecular formula is C25H21Br2NO3. The van der Waals surface area contributed by atoms with Gasteiger partial charge < -0.3 is 10.0 Å². The number of nitrogens with zero attached hydrogens (tertiary/aromatic N) is 1. The van der Waals surface area contributed by atoms with E-state index in [-0.39, 0.29) is 12.2 Å². The number of carbonyl (C=O) groups excluding carboxylic acids is 2. The third kappa shape index (κ3) is 4.12. The fraction of sp³-hybridized carbons (Fsp3) is 0.200. The second kappa shape index (κ2) is 8.34. The van der Waals surface area contributed by atoms with E-state index in [9.17, 15) is 14.7 Å². The lowest BCUT2D eigenvalue weighted by atomic mass is 9.88. The molecule has 6 heteroatoms. The van der Waals surface area contributed by atoms with Crippen molar-refractivity contribution < 1.29 is 14.7 Å². The summed E-state index contributed by atoms with van der Waals surface area (Å²) >= 11 is 6.80. The molecule has 1 N–H and O–H groups in total. The van der Waals surface area contributed by atoms with Crippen LogP contribution in [-0.2, 0) is 16.9 Å². The zero-order valence-electron chi connectivity index (χ0n) is 17.2. The highest BCUT2D eigenvalue weighted by Crippen LogP contribution is 2.45. The molecule has 0 spiro atoms. The summed E-state index contributed by atoms with van der Waals surface area (Å²) < 4.78 is 1.50. The molecule has 3 aromatic rings. The van der Waals surface area contributed by atoms with Crippen molar-refractivity contribution in [1.82, 2.24) is 0 Å². The van der Waals surface area contributed by atoms with E-state index >= 15 is 0 Å². The Morgan fingerprint density at radius 3 is 2.48 bits per heavy atom. The first-order valence-electron chi connectivity index (χ1n) is 9.88. The van der Waals surface area contributed by atoms with Crippen molar-refractivity contribution in [3.05, 3.63) is 97.4 Å². The summed E-state index contributed by atoms with van der Waals surface area (Å²) in [5, 5.41) is 11.6. The van der Waals surface area contributed by atoms with Gasteiger partial charge in [0.15, 0.2) is 11.4 Å². The molecule has 0 bridgehead atoms.